The number of pyridine rings is 1. The van der Waals surface area contributed by atoms with Crippen molar-refractivity contribution in [3.63, 3.8) is 0 Å². The van der Waals surface area contributed by atoms with Crippen molar-refractivity contribution < 1.29 is 35.6 Å². The normalized spacial score (nSPS) is 9.87. The largest absolute Gasteiger partial charge is 2.00 e. The number of fused-ring (bicyclic) bond motifs is 1. The van der Waals surface area contributed by atoms with Crippen LogP contribution in [0.1, 0.15) is 16.8 Å². The molecular formula is C17H26N3O7SSr2+3. The quantitative estimate of drug-likeness (QED) is 0.322. The van der Waals surface area contributed by atoms with Crippen molar-refractivity contribution in [3.8, 4) is 11.5 Å². The molecule has 1 atom stereocenters. The Bertz CT molecular complexity index is 941. The predicted molar refractivity (Wildman–Crippen MR) is 118 cm³/mol. The van der Waals surface area contributed by atoms with Gasteiger partial charge in [-0.2, -0.15) is 0 Å². The van der Waals surface area contributed by atoms with Gasteiger partial charge in [-0.05, 0) is 37.0 Å². The number of aromatic nitrogens is 3. The van der Waals surface area contributed by atoms with Crippen LogP contribution in [0.15, 0.2) is 29.6 Å². The molecule has 3 aromatic rings. The fourth-order valence-electron chi connectivity index (χ4n) is 2.55. The zero-order chi connectivity index (χ0) is 17.3. The average Bonchev–Trinajstić information content (AvgIpc) is 3.01. The van der Waals surface area contributed by atoms with Crippen LogP contribution in [0.25, 0.3) is 11.0 Å². The SMILES string of the molecule is COc1ccc2[n-]c([S@@](=O)Cc3ncc(C)c(OC)c3C)nc2c1.O.O.O.O.[Sr+2].[Sr+2]. The third kappa shape index (κ3) is 8.39. The summed E-state index contributed by atoms with van der Waals surface area (Å²) < 4.78 is 23.2. The van der Waals surface area contributed by atoms with E-state index in [0.29, 0.717) is 21.9 Å². The molecule has 0 unspecified atom stereocenters. The van der Waals surface area contributed by atoms with Crippen LogP contribution in [-0.2, 0) is 16.6 Å². The van der Waals surface area contributed by atoms with Crippen LogP contribution in [-0.4, -0.2) is 141 Å². The summed E-state index contributed by atoms with van der Waals surface area (Å²) in [6.07, 6.45) is 1.73. The monoisotopic (exact) mass is 592 g/mol. The second kappa shape index (κ2) is 16.9. The number of ether oxygens (including phenoxy) is 2. The molecule has 0 saturated carbocycles. The number of rotatable bonds is 5. The first-order chi connectivity index (χ1) is 11.5. The summed E-state index contributed by atoms with van der Waals surface area (Å²) in [5, 5.41) is 0.305. The smallest absolute Gasteiger partial charge is 0.497 e. The number of benzene rings is 1. The van der Waals surface area contributed by atoms with Gasteiger partial charge in [-0.15, -0.1) is 0 Å². The van der Waals surface area contributed by atoms with Crippen molar-refractivity contribution in [3.05, 3.63) is 41.2 Å². The van der Waals surface area contributed by atoms with Gasteiger partial charge in [-0.3, -0.25) is 9.19 Å². The summed E-state index contributed by atoms with van der Waals surface area (Å²) in [6.45, 7) is 3.85. The first-order valence-corrected chi connectivity index (χ1v) is 8.71. The van der Waals surface area contributed by atoms with Crippen LogP contribution in [0.3, 0.4) is 0 Å². The van der Waals surface area contributed by atoms with Crippen molar-refractivity contribution in [2.24, 2.45) is 0 Å². The van der Waals surface area contributed by atoms with Gasteiger partial charge in [0.25, 0.3) is 0 Å². The Morgan fingerprint density at radius 2 is 1.67 bits per heavy atom. The minimum absolute atomic E-state index is 0. The van der Waals surface area contributed by atoms with Crippen molar-refractivity contribution >= 4 is 113 Å². The Kier molecular flexibility index (Phi) is 21.3. The molecule has 0 fully saturated rings. The van der Waals surface area contributed by atoms with E-state index in [-0.39, 0.29) is 119 Å². The molecule has 0 amide bonds. The van der Waals surface area contributed by atoms with Gasteiger partial charge in [-0.1, -0.05) is 6.07 Å². The van der Waals surface area contributed by atoms with E-state index in [1.165, 1.54) is 0 Å². The molecule has 10 nitrogen and oxygen atoms in total. The molecule has 8 N–H and O–H groups in total. The summed E-state index contributed by atoms with van der Waals surface area (Å²) in [6, 6.07) is 5.39. The van der Waals surface area contributed by atoms with E-state index in [9.17, 15) is 4.21 Å². The van der Waals surface area contributed by atoms with E-state index < -0.39 is 10.8 Å². The first-order valence-electron chi connectivity index (χ1n) is 7.39. The second-order valence-corrected chi connectivity index (χ2v) is 6.74. The van der Waals surface area contributed by atoms with Crippen LogP contribution in [0.4, 0.5) is 0 Å². The molecule has 0 aliphatic carbocycles. The second-order valence-electron chi connectivity index (χ2n) is 5.40. The van der Waals surface area contributed by atoms with Gasteiger partial charge in [-0.25, -0.2) is 0 Å². The topological polar surface area (TPSA) is 201 Å². The molecule has 158 valence electrons. The number of methoxy groups -OCH3 is 2. The molecule has 3 rings (SSSR count). The molecule has 0 spiro atoms. The summed E-state index contributed by atoms with van der Waals surface area (Å²) in [4.78, 5) is 13.1. The van der Waals surface area contributed by atoms with Gasteiger partial charge < -0.3 is 41.3 Å². The molecular weight excluding hydrogens is 566 g/mol. The molecule has 0 radical (unpaired) electrons. The van der Waals surface area contributed by atoms with Crippen LogP contribution in [0.5, 0.6) is 11.5 Å². The Balaban J connectivity index is -0.000000563. The molecule has 0 bridgehead atoms. The van der Waals surface area contributed by atoms with Gasteiger partial charge in [0.1, 0.15) is 11.5 Å². The summed E-state index contributed by atoms with van der Waals surface area (Å²) in [7, 11) is 1.83. The molecule has 0 aliphatic rings. The number of hydrogen-bond acceptors (Lipinski definition) is 5. The van der Waals surface area contributed by atoms with Gasteiger partial charge in [0.05, 0.1) is 36.5 Å². The summed E-state index contributed by atoms with van der Waals surface area (Å²) in [5.74, 6) is 1.71. The Hall–Kier alpha value is 0.391. The van der Waals surface area contributed by atoms with E-state index in [4.69, 9.17) is 9.47 Å². The van der Waals surface area contributed by atoms with E-state index in [2.05, 4.69) is 15.0 Å². The Morgan fingerprint density at radius 3 is 2.23 bits per heavy atom. The molecule has 30 heavy (non-hydrogen) atoms. The Morgan fingerprint density at radius 1 is 1.03 bits per heavy atom. The van der Waals surface area contributed by atoms with Gasteiger partial charge >= 0.3 is 91.0 Å². The molecule has 0 saturated heterocycles. The molecule has 13 heteroatoms. The number of hydrogen-bond donors (Lipinski definition) is 0. The number of aryl methyl sites for hydroxylation is 1. The van der Waals surface area contributed by atoms with Crippen LogP contribution in [0, 0.1) is 13.8 Å². The zero-order valence-electron chi connectivity index (χ0n) is 17.4. The zero-order valence-corrected chi connectivity index (χ0v) is 25.2. The number of imidazole rings is 1. The standard InChI is InChI=1S/C17H18N3O3S.4H2O.2Sr/c1-10-8-18-15(11(2)16(10)23-4)9-24(21)17-19-13-6-5-12(22-3)7-14(13)20-17;;;;;;/h5-8H,9H2,1-4H3;4*1H2;;/q-1;;;;;2*+2/t24-;;;;;;/m0....../s1. The van der Waals surface area contributed by atoms with Crippen LogP contribution in [0.2, 0.25) is 0 Å². The average molecular weight is 592 g/mol. The number of nitrogens with zero attached hydrogens (tertiary/aromatic N) is 3. The fraction of sp³-hybridized carbons (Fsp3) is 0.294. The van der Waals surface area contributed by atoms with Crippen molar-refractivity contribution in [2.75, 3.05) is 14.2 Å². The minimum atomic E-state index is -1.38. The predicted octanol–water partition coefficient (Wildman–Crippen LogP) is -1.53. The van der Waals surface area contributed by atoms with E-state index in [1.54, 1.807) is 38.6 Å². The molecule has 2 heterocycles. The first kappa shape index (κ1) is 37.7. The van der Waals surface area contributed by atoms with E-state index >= 15 is 0 Å². The maximum Gasteiger partial charge on any atom is 2.00 e. The van der Waals surface area contributed by atoms with Crippen LogP contribution >= 0.6 is 0 Å². The minimum Gasteiger partial charge on any atom is -0.497 e. The van der Waals surface area contributed by atoms with E-state index in [0.717, 1.165) is 22.6 Å². The van der Waals surface area contributed by atoms with Gasteiger partial charge in [0.15, 0.2) is 0 Å². The third-order valence-electron chi connectivity index (χ3n) is 3.84. The van der Waals surface area contributed by atoms with Crippen molar-refractivity contribution in [2.45, 2.75) is 24.8 Å². The maximum absolute atomic E-state index is 12.6. The van der Waals surface area contributed by atoms with Gasteiger partial charge in [0, 0.05) is 22.5 Å². The molecule has 0 aliphatic heterocycles. The van der Waals surface area contributed by atoms with Crippen molar-refractivity contribution in [1.29, 1.82) is 0 Å². The summed E-state index contributed by atoms with van der Waals surface area (Å²) in [5.41, 5.74) is 3.94. The summed E-state index contributed by atoms with van der Waals surface area (Å²) >= 11 is 0. The molecule has 1 aromatic carbocycles. The third-order valence-corrected chi connectivity index (χ3v) is 4.96. The van der Waals surface area contributed by atoms with Crippen LogP contribution < -0.4 is 14.5 Å². The fourth-order valence-corrected chi connectivity index (χ4v) is 3.62. The maximum atomic E-state index is 12.6. The molecule has 2 aromatic heterocycles. The van der Waals surface area contributed by atoms with E-state index in [1.807, 2.05) is 13.8 Å². The van der Waals surface area contributed by atoms with Gasteiger partial charge in [0.2, 0.25) is 0 Å². The van der Waals surface area contributed by atoms with Crippen molar-refractivity contribution in [1.82, 2.24) is 15.0 Å². The Labute approximate surface area is 251 Å².